The van der Waals surface area contributed by atoms with Crippen LogP contribution in [0.4, 0.5) is 0 Å². The Bertz CT molecular complexity index is 531. The molecule has 3 aliphatic rings. The van der Waals surface area contributed by atoms with E-state index in [1.165, 1.54) is 38.5 Å². The summed E-state index contributed by atoms with van der Waals surface area (Å²) < 4.78 is 0. The molecule has 120 valence electrons. The van der Waals surface area contributed by atoms with Gasteiger partial charge >= 0.3 is 0 Å². The fourth-order valence-electron chi connectivity index (χ4n) is 4.01. The number of nitrogens with zero attached hydrogens (tertiary/aromatic N) is 3. The number of aromatic amines is 1. The van der Waals surface area contributed by atoms with Crippen molar-refractivity contribution in [3.8, 4) is 0 Å². The summed E-state index contributed by atoms with van der Waals surface area (Å²) in [5.41, 5.74) is 0. The molecule has 1 atom stereocenters. The predicted octanol–water partition coefficient (Wildman–Crippen LogP) is 2.97. The van der Waals surface area contributed by atoms with Gasteiger partial charge in [-0.3, -0.25) is 9.89 Å². The number of amides is 1. The largest absolute Gasteiger partial charge is 0.342 e. The van der Waals surface area contributed by atoms with Gasteiger partial charge in [-0.05, 0) is 44.4 Å². The maximum Gasteiger partial charge on any atom is 0.222 e. The molecule has 2 saturated carbocycles. The standard InChI is InChI=1S/C17H26N4O/c22-15(10-12-4-1-2-5-12)21-9-3-6-14(11-21)17-18-16(19-20-17)13-7-8-13/h12-14H,1-11H2,(H,18,19,20)/t14-/m1/s1. The van der Waals surface area contributed by atoms with E-state index in [1.54, 1.807) is 0 Å². The van der Waals surface area contributed by atoms with Crippen LogP contribution < -0.4 is 0 Å². The summed E-state index contributed by atoms with van der Waals surface area (Å²) in [6.45, 7) is 1.73. The van der Waals surface area contributed by atoms with Gasteiger partial charge in [-0.25, -0.2) is 4.98 Å². The molecule has 2 aliphatic carbocycles. The lowest BCUT2D eigenvalue weighted by Crippen LogP contribution is -2.40. The quantitative estimate of drug-likeness (QED) is 0.930. The fourth-order valence-corrected chi connectivity index (χ4v) is 4.01. The smallest absolute Gasteiger partial charge is 0.222 e. The number of hydrogen-bond acceptors (Lipinski definition) is 3. The van der Waals surface area contributed by atoms with Gasteiger partial charge in [0.1, 0.15) is 5.82 Å². The van der Waals surface area contributed by atoms with Gasteiger partial charge in [-0.15, -0.1) is 0 Å². The Kier molecular flexibility index (Phi) is 3.89. The molecule has 0 aromatic carbocycles. The highest BCUT2D eigenvalue weighted by Crippen LogP contribution is 2.38. The van der Waals surface area contributed by atoms with Crippen LogP contribution in [0.3, 0.4) is 0 Å². The number of nitrogens with one attached hydrogen (secondary N) is 1. The number of carbonyl (C=O) groups excluding carboxylic acids is 1. The van der Waals surface area contributed by atoms with Gasteiger partial charge in [0.25, 0.3) is 0 Å². The minimum Gasteiger partial charge on any atom is -0.342 e. The van der Waals surface area contributed by atoms with E-state index in [0.29, 0.717) is 23.7 Å². The van der Waals surface area contributed by atoms with Crippen LogP contribution in [0.5, 0.6) is 0 Å². The van der Waals surface area contributed by atoms with Gasteiger partial charge in [-0.2, -0.15) is 5.10 Å². The van der Waals surface area contributed by atoms with Crippen LogP contribution in [0.1, 0.15) is 81.3 Å². The maximum atomic E-state index is 12.5. The zero-order valence-corrected chi connectivity index (χ0v) is 13.3. The summed E-state index contributed by atoms with van der Waals surface area (Å²) in [5, 5.41) is 7.53. The van der Waals surface area contributed by atoms with E-state index in [2.05, 4.69) is 20.1 Å². The molecule has 1 saturated heterocycles. The lowest BCUT2D eigenvalue weighted by atomic mass is 9.96. The van der Waals surface area contributed by atoms with Gasteiger partial charge in [0.2, 0.25) is 5.91 Å². The minimum absolute atomic E-state index is 0.324. The summed E-state index contributed by atoms with van der Waals surface area (Å²) in [7, 11) is 0. The second-order valence-corrected chi connectivity index (χ2v) is 7.39. The molecule has 0 spiro atoms. The SMILES string of the molecule is O=C(CC1CCCC1)N1CCC[C@@H](c2n[nH]c(C3CC3)n2)C1. The lowest BCUT2D eigenvalue weighted by molar-refractivity contribution is -0.133. The van der Waals surface area contributed by atoms with Crippen LogP contribution in [0.25, 0.3) is 0 Å². The number of aromatic nitrogens is 3. The Morgan fingerprint density at radius 1 is 1.09 bits per heavy atom. The van der Waals surface area contributed by atoms with Crippen molar-refractivity contribution in [2.24, 2.45) is 5.92 Å². The summed E-state index contributed by atoms with van der Waals surface area (Å²) in [4.78, 5) is 19.3. The van der Waals surface area contributed by atoms with Gasteiger partial charge in [0.15, 0.2) is 5.82 Å². The highest BCUT2D eigenvalue weighted by molar-refractivity contribution is 5.76. The Hall–Kier alpha value is -1.39. The van der Waals surface area contributed by atoms with Crippen LogP contribution in [-0.4, -0.2) is 39.1 Å². The van der Waals surface area contributed by atoms with Crippen LogP contribution in [-0.2, 0) is 4.79 Å². The van der Waals surface area contributed by atoms with Crippen LogP contribution in [0, 0.1) is 5.92 Å². The molecule has 2 heterocycles. The van der Waals surface area contributed by atoms with Crippen molar-refractivity contribution in [1.82, 2.24) is 20.1 Å². The molecular formula is C17H26N4O. The predicted molar refractivity (Wildman–Crippen MR) is 83.5 cm³/mol. The molecule has 0 unspecified atom stereocenters. The molecule has 4 rings (SSSR count). The number of hydrogen-bond donors (Lipinski definition) is 1. The first-order chi connectivity index (χ1) is 10.8. The Morgan fingerprint density at radius 2 is 1.91 bits per heavy atom. The fraction of sp³-hybridized carbons (Fsp3) is 0.824. The zero-order chi connectivity index (χ0) is 14.9. The van der Waals surface area contributed by atoms with Crippen molar-refractivity contribution in [2.45, 2.75) is 69.6 Å². The summed E-state index contributed by atoms with van der Waals surface area (Å²) in [6, 6.07) is 0. The summed E-state index contributed by atoms with van der Waals surface area (Å²) in [5.74, 6) is 3.92. The third kappa shape index (κ3) is 3.03. The number of H-pyrrole nitrogens is 1. The second-order valence-electron chi connectivity index (χ2n) is 7.39. The molecule has 1 aromatic rings. The number of piperidine rings is 1. The van der Waals surface area contributed by atoms with Gasteiger partial charge < -0.3 is 4.90 Å². The normalized spacial score (nSPS) is 26.5. The lowest BCUT2D eigenvalue weighted by Gasteiger charge is -2.32. The van der Waals surface area contributed by atoms with Crippen molar-refractivity contribution in [2.75, 3.05) is 13.1 Å². The average molecular weight is 302 g/mol. The van der Waals surface area contributed by atoms with E-state index in [1.807, 2.05) is 0 Å². The Labute approximate surface area is 131 Å². The first kappa shape index (κ1) is 14.2. The molecule has 1 aliphatic heterocycles. The minimum atomic E-state index is 0.324. The van der Waals surface area contributed by atoms with E-state index < -0.39 is 0 Å². The van der Waals surface area contributed by atoms with Gasteiger partial charge in [0, 0.05) is 31.3 Å². The van der Waals surface area contributed by atoms with E-state index >= 15 is 0 Å². The number of rotatable bonds is 4. The molecule has 1 aromatic heterocycles. The van der Waals surface area contributed by atoms with Crippen molar-refractivity contribution < 1.29 is 4.79 Å². The molecule has 5 heteroatoms. The summed E-state index contributed by atoms with van der Waals surface area (Å²) in [6.07, 6.45) is 10.5. The maximum absolute atomic E-state index is 12.5. The first-order valence-electron chi connectivity index (χ1n) is 8.99. The topological polar surface area (TPSA) is 61.9 Å². The van der Waals surface area contributed by atoms with E-state index in [4.69, 9.17) is 0 Å². The van der Waals surface area contributed by atoms with Crippen molar-refractivity contribution >= 4 is 5.91 Å². The van der Waals surface area contributed by atoms with E-state index in [9.17, 15) is 4.79 Å². The van der Waals surface area contributed by atoms with Crippen molar-refractivity contribution in [3.05, 3.63) is 11.6 Å². The van der Waals surface area contributed by atoms with Gasteiger partial charge in [-0.1, -0.05) is 12.8 Å². The molecular weight excluding hydrogens is 276 g/mol. The molecule has 22 heavy (non-hydrogen) atoms. The molecule has 1 N–H and O–H groups in total. The molecule has 0 bridgehead atoms. The number of carbonyl (C=O) groups is 1. The first-order valence-corrected chi connectivity index (χ1v) is 8.99. The van der Waals surface area contributed by atoms with Gasteiger partial charge in [0.05, 0.1) is 0 Å². The molecule has 5 nitrogen and oxygen atoms in total. The Balaban J connectivity index is 1.36. The number of likely N-dealkylation sites (tertiary alicyclic amines) is 1. The van der Waals surface area contributed by atoms with Crippen LogP contribution >= 0.6 is 0 Å². The van der Waals surface area contributed by atoms with Crippen LogP contribution in [0.2, 0.25) is 0 Å². The van der Waals surface area contributed by atoms with E-state index in [0.717, 1.165) is 44.0 Å². The Morgan fingerprint density at radius 3 is 2.68 bits per heavy atom. The van der Waals surface area contributed by atoms with Crippen molar-refractivity contribution in [1.29, 1.82) is 0 Å². The van der Waals surface area contributed by atoms with Crippen LogP contribution in [0.15, 0.2) is 0 Å². The third-order valence-corrected chi connectivity index (χ3v) is 5.56. The second kappa shape index (κ2) is 6.01. The van der Waals surface area contributed by atoms with E-state index in [-0.39, 0.29) is 0 Å². The molecule has 3 fully saturated rings. The molecule has 0 radical (unpaired) electrons. The highest BCUT2D eigenvalue weighted by Gasteiger charge is 2.31. The average Bonchev–Trinajstić information content (AvgIpc) is 3.06. The zero-order valence-electron chi connectivity index (χ0n) is 13.3. The monoisotopic (exact) mass is 302 g/mol. The molecule has 1 amide bonds. The third-order valence-electron chi connectivity index (χ3n) is 5.56. The highest BCUT2D eigenvalue weighted by atomic mass is 16.2. The van der Waals surface area contributed by atoms with Crippen molar-refractivity contribution in [3.63, 3.8) is 0 Å². The summed E-state index contributed by atoms with van der Waals surface area (Å²) >= 11 is 0.